The number of hydrogen-bond acceptors (Lipinski definition) is 4. The van der Waals surface area contributed by atoms with Crippen molar-refractivity contribution in [1.29, 1.82) is 0 Å². The molecule has 6 heteroatoms. The van der Waals surface area contributed by atoms with E-state index >= 15 is 0 Å². The molecule has 1 fully saturated rings. The molecule has 1 saturated heterocycles. The maximum atomic E-state index is 9.23. The van der Waals surface area contributed by atoms with Crippen molar-refractivity contribution in [2.24, 2.45) is 0 Å². The van der Waals surface area contributed by atoms with E-state index in [0.29, 0.717) is 12.6 Å². The second-order valence-electron chi connectivity index (χ2n) is 5.26. The molecule has 0 radical (unpaired) electrons. The molecule has 2 atom stereocenters. The summed E-state index contributed by atoms with van der Waals surface area (Å²) in [5.41, 5.74) is 2.01. The molecule has 1 aliphatic rings. The zero-order chi connectivity index (χ0) is 14.1. The van der Waals surface area contributed by atoms with Crippen LogP contribution in [-0.2, 0) is 11.3 Å². The molecule has 0 amide bonds. The van der Waals surface area contributed by atoms with Crippen molar-refractivity contribution >= 4 is 27.0 Å². The minimum absolute atomic E-state index is 0.0658. The van der Waals surface area contributed by atoms with Crippen molar-refractivity contribution in [3.05, 3.63) is 28.5 Å². The van der Waals surface area contributed by atoms with Crippen molar-refractivity contribution in [1.82, 2.24) is 14.9 Å². The number of morpholine rings is 1. The number of ether oxygens (including phenoxy) is 1. The van der Waals surface area contributed by atoms with Crippen LogP contribution in [-0.4, -0.2) is 51.9 Å². The predicted molar refractivity (Wildman–Crippen MR) is 80.5 cm³/mol. The summed E-state index contributed by atoms with van der Waals surface area (Å²) in [7, 11) is 0. The predicted octanol–water partition coefficient (Wildman–Crippen LogP) is 1.91. The van der Waals surface area contributed by atoms with E-state index in [1.54, 1.807) is 0 Å². The third kappa shape index (κ3) is 2.88. The molecule has 0 saturated carbocycles. The number of rotatable bonds is 3. The van der Waals surface area contributed by atoms with Crippen molar-refractivity contribution < 1.29 is 9.84 Å². The number of aromatic amines is 1. The zero-order valence-corrected chi connectivity index (χ0v) is 12.9. The number of nitrogens with zero attached hydrogens (tertiary/aromatic N) is 2. The molecule has 2 aromatic rings. The highest BCUT2D eigenvalue weighted by atomic mass is 79.9. The second-order valence-corrected chi connectivity index (χ2v) is 6.18. The molecule has 108 valence electrons. The van der Waals surface area contributed by atoms with Gasteiger partial charge < -0.3 is 14.8 Å². The Balaban J connectivity index is 1.77. The maximum absolute atomic E-state index is 9.23. The zero-order valence-electron chi connectivity index (χ0n) is 11.3. The highest BCUT2D eigenvalue weighted by Crippen LogP contribution is 2.20. The fourth-order valence-electron chi connectivity index (χ4n) is 2.51. The van der Waals surface area contributed by atoms with Crippen LogP contribution in [0.4, 0.5) is 0 Å². The number of imidazole rings is 1. The molecule has 0 spiro atoms. The van der Waals surface area contributed by atoms with Crippen molar-refractivity contribution in [3.63, 3.8) is 0 Å². The number of aliphatic hydroxyl groups is 1. The van der Waals surface area contributed by atoms with Crippen molar-refractivity contribution in [2.75, 3.05) is 19.8 Å². The molecule has 3 rings (SSSR count). The highest BCUT2D eigenvalue weighted by Gasteiger charge is 2.26. The Hall–Kier alpha value is -0.950. The van der Waals surface area contributed by atoms with E-state index in [1.807, 2.05) is 18.2 Å². The summed E-state index contributed by atoms with van der Waals surface area (Å²) in [6, 6.07) is 6.35. The number of aliphatic hydroxyl groups excluding tert-OH is 1. The number of nitrogens with one attached hydrogen (secondary N) is 1. The molecular formula is C14H18BrN3O2. The van der Waals surface area contributed by atoms with Crippen LogP contribution < -0.4 is 0 Å². The lowest BCUT2D eigenvalue weighted by Gasteiger charge is -2.36. The first-order valence-corrected chi connectivity index (χ1v) is 7.55. The van der Waals surface area contributed by atoms with Gasteiger partial charge in [0.2, 0.25) is 0 Å². The third-order valence-electron chi connectivity index (χ3n) is 3.68. The number of halogens is 1. The fraction of sp³-hybridized carbons (Fsp3) is 0.500. The Morgan fingerprint density at radius 1 is 1.55 bits per heavy atom. The molecule has 1 aromatic heterocycles. The average Bonchev–Trinajstić information content (AvgIpc) is 2.82. The van der Waals surface area contributed by atoms with Gasteiger partial charge in [0.1, 0.15) is 5.82 Å². The van der Waals surface area contributed by atoms with Gasteiger partial charge in [-0.15, -0.1) is 0 Å². The number of benzene rings is 1. The van der Waals surface area contributed by atoms with Crippen LogP contribution in [0, 0.1) is 0 Å². The summed E-state index contributed by atoms with van der Waals surface area (Å²) in [5, 5.41) is 9.23. The Morgan fingerprint density at radius 2 is 2.40 bits per heavy atom. The van der Waals surface area contributed by atoms with Gasteiger partial charge in [-0.05, 0) is 25.1 Å². The Kier molecular flexibility index (Phi) is 4.07. The van der Waals surface area contributed by atoms with Gasteiger partial charge in [0.15, 0.2) is 0 Å². The summed E-state index contributed by atoms with van der Waals surface area (Å²) in [6.45, 7) is 4.33. The second kappa shape index (κ2) is 5.81. The van der Waals surface area contributed by atoms with Crippen LogP contribution in [0.1, 0.15) is 12.7 Å². The van der Waals surface area contributed by atoms with Crippen molar-refractivity contribution in [2.45, 2.75) is 25.6 Å². The van der Waals surface area contributed by atoms with Gasteiger partial charge in [-0.25, -0.2) is 4.98 Å². The van der Waals surface area contributed by atoms with Gasteiger partial charge in [0.05, 0.1) is 36.9 Å². The van der Waals surface area contributed by atoms with E-state index in [4.69, 9.17) is 4.74 Å². The minimum atomic E-state index is -0.0928. The highest BCUT2D eigenvalue weighted by molar-refractivity contribution is 9.10. The molecule has 2 N–H and O–H groups in total. The van der Waals surface area contributed by atoms with Gasteiger partial charge >= 0.3 is 0 Å². The topological polar surface area (TPSA) is 61.4 Å². The Bertz CT molecular complexity index is 601. The van der Waals surface area contributed by atoms with Crippen LogP contribution in [0.3, 0.4) is 0 Å². The van der Waals surface area contributed by atoms with Crippen LogP contribution in [0.25, 0.3) is 11.0 Å². The summed E-state index contributed by atoms with van der Waals surface area (Å²) < 4.78 is 6.60. The normalized spacial score (nSPS) is 24.4. The van der Waals surface area contributed by atoms with Gasteiger partial charge in [-0.1, -0.05) is 15.9 Å². The Morgan fingerprint density at radius 3 is 3.20 bits per heavy atom. The standard InChI is InChI=1S/C14H18BrN3O2/c1-9-8-20-11(7-19)5-18(9)6-14-16-12-3-2-10(15)4-13(12)17-14/h2-4,9,11,19H,5-8H2,1H3,(H,16,17)/t9-,11-/m1/s1. The minimum Gasteiger partial charge on any atom is -0.394 e. The molecular weight excluding hydrogens is 322 g/mol. The van der Waals surface area contributed by atoms with E-state index in [2.05, 4.69) is 37.7 Å². The molecule has 20 heavy (non-hydrogen) atoms. The van der Waals surface area contributed by atoms with Gasteiger partial charge in [-0.3, -0.25) is 4.90 Å². The number of fused-ring (bicyclic) bond motifs is 1. The molecule has 1 aromatic carbocycles. The van der Waals surface area contributed by atoms with E-state index < -0.39 is 0 Å². The van der Waals surface area contributed by atoms with Crippen LogP contribution in [0.2, 0.25) is 0 Å². The summed E-state index contributed by atoms with van der Waals surface area (Å²) in [4.78, 5) is 10.3. The fourth-order valence-corrected chi connectivity index (χ4v) is 2.87. The van der Waals surface area contributed by atoms with Crippen LogP contribution >= 0.6 is 15.9 Å². The quantitative estimate of drug-likeness (QED) is 0.896. The first kappa shape index (κ1) is 14.0. The number of H-pyrrole nitrogens is 1. The van der Waals surface area contributed by atoms with Gasteiger partial charge in [0.25, 0.3) is 0 Å². The van der Waals surface area contributed by atoms with Gasteiger partial charge in [-0.2, -0.15) is 0 Å². The third-order valence-corrected chi connectivity index (χ3v) is 4.18. The first-order chi connectivity index (χ1) is 9.65. The number of aromatic nitrogens is 2. The summed E-state index contributed by atoms with van der Waals surface area (Å²) in [5.74, 6) is 0.948. The number of hydrogen-bond donors (Lipinski definition) is 2. The lowest BCUT2D eigenvalue weighted by Crippen LogP contribution is -2.49. The molecule has 0 unspecified atom stereocenters. The molecule has 0 aliphatic carbocycles. The van der Waals surface area contributed by atoms with Crippen LogP contribution in [0.15, 0.2) is 22.7 Å². The maximum Gasteiger partial charge on any atom is 0.121 e. The van der Waals surface area contributed by atoms with E-state index in [0.717, 1.165) is 34.4 Å². The monoisotopic (exact) mass is 339 g/mol. The average molecular weight is 340 g/mol. The lowest BCUT2D eigenvalue weighted by molar-refractivity contribution is -0.0811. The van der Waals surface area contributed by atoms with Gasteiger partial charge in [0, 0.05) is 17.1 Å². The molecule has 0 bridgehead atoms. The Labute approximate surface area is 126 Å². The van der Waals surface area contributed by atoms with Crippen molar-refractivity contribution in [3.8, 4) is 0 Å². The SMILES string of the molecule is C[C@@H]1CO[C@@H](CO)CN1Cc1nc2ccc(Br)cc2[nH]1. The smallest absolute Gasteiger partial charge is 0.121 e. The summed E-state index contributed by atoms with van der Waals surface area (Å²) >= 11 is 3.46. The van der Waals surface area contributed by atoms with E-state index in [-0.39, 0.29) is 12.7 Å². The largest absolute Gasteiger partial charge is 0.394 e. The molecule has 5 nitrogen and oxygen atoms in total. The molecule has 1 aliphatic heterocycles. The van der Waals surface area contributed by atoms with Crippen LogP contribution in [0.5, 0.6) is 0 Å². The summed E-state index contributed by atoms with van der Waals surface area (Å²) in [6.07, 6.45) is -0.0928. The molecule has 2 heterocycles. The van der Waals surface area contributed by atoms with E-state index in [9.17, 15) is 5.11 Å². The lowest BCUT2D eigenvalue weighted by atomic mass is 10.2. The first-order valence-electron chi connectivity index (χ1n) is 6.76. The van der Waals surface area contributed by atoms with E-state index in [1.165, 1.54) is 0 Å².